The first-order valence-corrected chi connectivity index (χ1v) is 9.20. The van der Waals surface area contributed by atoms with Crippen LogP contribution < -0.4 is 10.6 Å². The molecule has 7 heteroatoms. The Bertz CT molecular complexity index is 607. The smallest absolute Gasteiger partial charge is 0.315 e. The van der Waals surface area contributed by atoms with Crippen molar-refractivity contribution in [3.05, 3.63) is 29.8 Å². The van der Waals surface area contributed by atoms with E-state index < -0.39 is 9.84 Å². The summed E-state index contributed by atoms with van der Waals surface area (Å²) in [6.45, 7) is 3.02. The molecule has 0 spiro atoms. The Morgan fingerprint density at radius 2 is 2.05 bits per heavy atom. The second kappa shape index (κ2) is 7.11. The Labute approximate surface area is 131 Å². The number of carbonyl (C=O) groups excluding carboxylic acids is 1. The van der Waals surface area contributed by atoms with E-state index in [1.54, 1.807) is 24.3 Å². The first-order valence-electron chi connectivity index (χ1n) is 7.31. The lowest BCUT2D eigenvalue weighted by atomic mass is 10.1. The van der Waals surface area contributed by atoms with Crippen LogP contribution in [0.4, 0.5) is 4.79 Å². The van der Waals surface area contributed by atoms with Gasteiger partial charge in [0.25, 0.3) is 0 Å². The normalized spacial score (nSPS) is 19.6. The van der Waals surface area contributed by atoms with Gasteiger partial charge in [-0.15, -0.1) is 0 Å². The number of urea groups is 1. The van der Waals surface area contributed by atoms with Gasteiger partial charge in [-0.3, -0.25) is 0 Å². The number of sulfone groups is 1. The second-order valence-electron chi connectivity index (χ2n) is 5.58. The summed E-state index contributed by atoms with van der Waals surface area (Å²) >= 11 is 0. The maximum Gasteiger partial charge on any atom is 0.315 e. The molecule has 1 aromatic carbocycles. The molecule has 1 aromatic rings. The molecule has 2 amide bonds. The molecule has 1 fully saturated rings. The Balaban J connectivity index is 1.80. The first kappa shape index (κ1) is 16.8. The minimum Gasteiger partial charge on any atom is -0.376 e. The predicted octanol–water partition coefficient (Wildman–Crippen LogP) is 1.46. The van der Waals surface area contributed by atoms with Gasteiger partial charge in [-0.1, -0.05) is 12.1 Å². The van der Waals surface area contributed by atoms with Gasteiger partial charge in [0, 0.05) is 19.4 Å². The maximum absolute atomic E-state index is 11.8. The van der Waals surface area contributed by atoms with Gasteiger partial charge in [-0.05, 0) is 37.5 Å². The van der Waals surface area contributed by atoms with Gasteiger partial charge in [0.15, 0.2) is 9.84 Å². The molecule has 2 rings (SSSR count). The summed E-state index contributed by atoms with van der Waals surface area (Å²) in [6.07, 6.45) is 3.25. The number of ether oxygens (including phenoxy) is 1. The van der Waals surface area contributed by atoms with E-state index in [4.69, 9.17) is 4.74 Å². The third-order valence-electron chi connectivity index (χ3n) is 3.69. The summed E-state index contributed by atoms with van der Waals surface area (Å²) in [4.78, 5) is 12.1. The molecular weight excluding hydrogens is 304 g/mol. The number of carbonyl (C=O) groups is 1. The van der Waals surface area contributed by atoms with E-state index in [0.29, 0.717) is 6.54 Å². The van der Waals surface area contributed by atoms with Crippen LogP contribution in [0.2, 0.25) is 0 Å². The molecule has 2 atom stereocenters. The Kier molecular flexibility index (Phi) is 5.42. The van der Waals surface area contributed by atoms with E-state index in [2.05, 4.69) is 10.6 Å². The van der Waals surface area contributed by atoms with Crippen LogP contribution in [-0.2, 0) is 21.1 Å². The van der Waals surface area contributed by atoms with Gasteiger partial charge < -0.3 is 15.4 Å². The quantitative estimate of drug-likeness (QED) is 0.858. The highest BCUT2D eigenvalue weighted by Crippen LogP contribution is 2.15. The van der Waals surface area contributed by atoms with Crippen molar-refractivity contribution in [2.45, 2.75) is 43.4 Å². The molecule has 0 aromatic heterocycles. The monoisotopic (exact) mass is 326 g/mol. The van der Waals surface area contributed by atoms with Crippen LogP contribution in [0.1, 0.15) is 25.3 Å². The minimum absolute atomic E-state index is 0.0323. The van der Waals surface area contributed by atoms with Gasteiger partial charge in [-0.25, -0.2) is 13.2 Å². The Morgan fingerprint density at radius 3 is 2.59 bits per heavy atom. The van der Waals surface area contributed by atoms with Crippen LogP contribution >= 0.6 is 0 Å². The van der Waals surface area contributed by atoms with Crippen LogP contribution in [-0.4, -0.2) is 39.5 Å². The standard InChI is InChI=1S/C15H22N2O4S/c1-11(14-4-3-9-21-14)17-15(18)16-10-12-5-7-13(8-6-12)22(2,19)20/h5-8,11,14H,3-4,9-10H2,1-2H3,(H2,16,17,18)/t11-,14+/m0/s1. The summed E-state index contributed by atoms with van der Waals surface area (Å²) in [6, 6.07) is 6.18. The SMILES string of the molecule is C[C@H](NC(=O)NCc1ccc(S(C)(=O)=O)cc1)[C@H]1CCCO1. The van der Waals surface area contributed by atoms with Crippen LogP contribution in [0.15, 0.2) is 29.2 Å². The zero-order valence-electron chi connectivity index (χ0n) is 12.8. The molecule has 22 heavy (non-hydrogen) atoms. The molecular formula is C15H22N2O4S. The third kappa shape index (κ3) is 4.71. The molecule has 1 saturated heterocycles. The van der Waals surface area contributed by atoms with Gasteiger partial charge in [0.05, 0.1) is 17.0 Å². The zero-order chi connectivity index (χ0) is 16.2. The fourth-order valence-electron chi connectivity index (χ4n) is 2.38. The van der Waals surface area contributed by atoms with Gasteiger partial charge in [-0.2, -0.15) is 0 Å². The van der Waals surface area contributed by atoms with Crippen molar-refractivity contribution < 1.29 is 17.9 Å². The molecule has 0 aliphatic carbocycles. The van der Waals surface area contributed by atoms with Gasteiger partial charge in [0.1, 0.15) is 0 Å². The van der Waals surface area contributed by atoms with E-state index in [1.807, 2.05) is 6.92 Å². The van der Waals surface area contributed by atoms with Crippen molar-refractivity contribution in [2.75, 3.05) is 12.9 Å². The van der Waals surface area contributed by atoms with Crippen molar-refractivity contribution in [3.8, 4) is 0 Å². The average molecular weight is 326 g/mol. The summed E-state index contributed by atoms with van der Waals surface area (Å²) in [5.41, 5.74) is 0.840. The van der Waals surface area contributed by atoms with E-state index in [1.165, 1.54) is 6.26 Å². The zero-order valence-corrected chi connectivity index (χ0v) is 13.7. The van der Waals surface area contributed by atoms with E-state index in [9.17, 15) is 13.2 Å². The Hall–Kier alpha value is -1.60. The number of hydrogen-bond acceptors (Lipinski definition) is 4. The first-order chi connectivity index (χ1) is 10.4. The average Bonchev–Trinajstić information content (AvgIpc) is 2.99. The number of rotatable bonds is 5. The van der Waals surface area contributed by atoms with E-state index in [-0.39, 0.29) is 23.1 Å². The fourth-order valence-corrected chi connectivity index (χ4v) is 3.01. The molecule has 1 aliphatic heterocycles. The summed E-state index contributed by atoms with van der Waals surface area (Å²) < 4.78 is 28.3. The van der Waals surface area contributed by atoms with Crippen molar-refractivity contribution in [3.63, 3.8) is 0 Å². The topological polar surface area (TPSA) is 84.5 Å². The van der Waals surface area contributed by atoms with Crippen molar-refractivity contribution in [2.24, 2.45) is 0 Å². The summed E-state index contributed by atoms with van der Waals surface area (Å²) in [5.74, 6) is 0. The minimum atomic E-state index is -3.19. The highest BCUT2D eigenvalue weighted by molar-refractivity contribution is 7.90. The molecule has 0 bridgehead atoms. The van der Waals surface area contributed by atoms with Gasteiger partial charge in [0.2, 0.25) is 0 Å². The lowest BCUT2D eigenvalue weighted by Crippen LogP contribution is -2.45. The lowest BCUT2D eigenvalue weighted by molar-refractivity contribution is 0.0860. The number of benzene rings is 1. The summed E-state index contributed by atoms with van der Waals surface area (Å²) in [5, 5.41) is 5.61. The Morgan fingerprint density at radius 1 is 1.36 bits per heavy atom. The number of hydrogen-bond donors (Lipinski definition) is 2. The molecule has 1 heterocycles. The van der Waals surface area contributed by atoms with Crippen LogP contribution in [0.5, 0.6) is 0 Å². The highest BCUT2D eigenvalue weighted by atomic mass is 32.2. The molecule has 2 N–H and O–H groups in total. The molecule has 0 saturated carbocycles. The van der Waals surface area contributed by atoms with E-state index in [0.717, 1.165) is 25.0 Å². The maximum atomic E-state index is 11.8. The highest BCUT2D eigenvalue weighted by Gasteiger charge is 2.23. The third-order valence-corrected chi connectivity index (χ3v) is 4.81. The van der Waals surface area contributed by atoms with E-state index >= 15 is 0 Å². The van der Waals surface area contributed by atoms with Gasteiger partial charge >= 0.3 is 6.03 Å². The van der Waals surface area contributed by atoms with Crippen molar-refractivity contribution in [1.29, 1.82) is 0 Å². The summed E-state index contributed by atoms with van der Waals surface area (Å²) in [7, 11) is -3.19. The molecule has 122 valence electrons. The molecule has 1 aliphatic rings. The fraction of sp³-hybridized carbons (Fsp3) is 0.533. The molecule has 0 unspecified atom stereocenters. The predicted molar refractivity (Wildman–Crippen MR) is 83.4 cm³/mol. The number of amides is 2. The van der Waals surface area contributed by atoms with Crippen LogP contribution in [0, 0.1) is 0 Å². The number of nitrogens with one attached hydrogen (secondary N) is 2. The van der Waals surface area contributed by atoms with Crippen LogP contribution in [0.3, 0.4) is 0 Å². The second-order valence-corrected chi connectivity index (χ2v) is 7.60. The van der Waals surface area contributed by atoms with Crippen LogP contribution in [0.25, 0.3) is 0 Å². The lowest BCUT2D eigenvalue weighted by Gasteiger charge is -2.20. The molecule has 0 radical (unpaired) electrons. The van der Waals surface area contributed by atoms with Crippen molar-refractivity contribution >= 4 is 15.9 Å². The van der Waals surface area contributed by atoms with Crippen molar-refractivity contribution in [1.82, 2.24) is 10.6 Å². The molecule has 6 nitrogen and oxygen atoms in total. The largest absolute Gasteiger partial charge is 0.376 e.